The summed E-state index contributed by atoms with van der Waals surface area (Å²) in [6, 6.07) is 0. The molecule has 4 heteroatoms. The summed E-state index contributed by atoms with van der Waals surface area (Å²) in [7, 11) is 3.48. The number of hydrogen-bond acceptors (Lipinski definition) is 4. The van der Waals surface area contributed by atoms with Crippen LogP contribution in [0, 0.1) is 0 Å². The van der Waals surface area contributed by atoms with Gasteiger partial charge < -0.3 is 15.2 Å². The predicted molar refractivity (Wildman–Crippen MR) is 65.6 cm³/mol. The minimum absolute atomic E-state index is 0.123. The van der Waals surface area contributed by atoms with Crippen molar-refractivity contribution in [3.05, 3.63) is 0 Å². The third kappa shape index (κ3) is 4.78. The van der Waals surface area contributed by atoms with Gasteiger partial charge in [0.25, 0.3) is 0 Å². The van der Waals surface area contributed by atoms with Crippen molar-refractivity contribution in [1.29, 1.82) is 0 Å². The van der Waals surface area contributed by atoms with E-state index in [0.29, 0.717) is 0 Å². The van der Waals surface area contributed by atoms with E-state index < -0.39 is 0 Å². The summed E-state index contributed by atoms with van der Waals surface area (Å²) in [5, 5.41) is 0. The molecular weight excluding hydrogens is 204 g/mol. The summed E-state index contributed by atoms with van der Waals surface area (Å²) in [4.78, 5) is 2.37. The second-order valence-electron chi connectivity index (χ2n) is 4.79. The Bertz CT molecular complexity index is 176. The first-order valence-corrected chi connectivity index (χ1v) is 6.19. The highest BCUT2D eigenvalue weighted by Gasteiger charge is 2.32. The molecule has 1 aliphatic rings. The van der Waals surface area contributed by atoms with E-state index in [4.69, 9.17) is 15.2 Å². The molecule has 0 aromatic heterocycles. The fourth-order valence-electron chi connectivity index (χ4n) is 2.04. The maximum Gasteiger partial charge on any atom is 0.0589 e. The monoisotopic (exact) mass is 230 g/mol. The topological polar surface area (TPSA) is 47.7 Å². The molecule has 96 valence electrons. The van der Waals surface area contributed by atoms with Crippen LogP contribution in [0.3, 0.4) is 0 Å². The van der Waals surface area contributed by atoms with Crippen molar-refractivity contribution in [2.75, 3.05) is 47.1 Å². The third-order valence-corrected chi connectivity index (χ3v) is 3.50. The van der Waals surface area contributed by atoms with Crippen LogP contribution in [0.5, 0.6) is 0 Å². The van der Waals surface area contributed by atoms with Gasteiger partial charge in [0.1, 0.15) is 0 Å². The molecule has 0 bridgehead atoms. The van der Waals surface area contributed by atoms with Crippen LogP contribution in [0.25, 0.3) is 0 Å². The molecule has 0 unspecified atom stereocenters. The van der Waals surface area contributed by atoms with Gasteiger partial charge in [-0.2, -0.15) is 0 Å². The SMILES string of the molecule is COCCN(CCOC)CCC1(N)CCC1. The molecule has 1 saturated carbocycles. The van der Waals surface area contributed by atoms with E-state index in [2.05, 4.69) is 4.90 Å². The second-order valence-corrected chi connectivity index (χ2v) is 4.79. The first-order chi connectivity index (χ1) is 7.70. The van der Waals surface area contributed by atoms with Crippen LogP contribution in [-0.2, 0) is 9.47 Å². The van der Waals surface area contributed by atoms with Crippen molar-refractivity contribution in [3.8, 4) is 0 Å². The van der Waals surface area contributed by atoms with Gasteiger partial charge in [0.2, 0.25) is 0 Å². The molecule has 4 nitrogen and oxygen atoms in total. The lowest BCUT2D eigenvalue weighted by atomic mass is 9.75. The van der Waals surface area contributed by atoms with Crippen LogP contribution in [0.2, 0.25) is 0 Å². The van der Waals surface area contributed by atoms with Crippen molar-refractivity contribution >= 4 is 0 Å². The van der Waals surface area contributed by atoms with E-state index in [1.807, 2.05) is 0 Å². The van der Waals surface area contributed by atoms with Gasteiger partial charge in [0, 0.05) is 39.4 Å². The van der Waals surface area contributed by atoms with E-state index in [-0.39, 0.29) is 5.54 Å². The molecule has 1 rings (SSSR count). The number of rotatable bonds is 9. The molecule has 0 saturated heterocycles. The summed E-state index contributed by atoms with van der Waals surface area (Å²) in [6.45, 7) is 4.55. The number of nitrogens with zero attached hydrogens (tertiary/aromatic N) is 1. The van der Waals surface area contributed by atoms with Crippen molar-refractivity contribution < 1.29 is 9.47 Å². The lowest BCUT2D eigenvalue weighted by molar-refractivity contribution is 0.101. The molecule has 16 heavy (non-hydrogen) atoms. The Morgan fingerprint density at radius 3 is 2.00 bits per heavy atom. The first-order valence-electron chi connectivity index (χ1n) is 6.19. The van der Waals surface area contributed by atoms with E-state index in [1.54, 1.807) is 14.2 Å². The molecule has 0 aromatic carbocycles. The molecule has 1 aliphatic carbocycles. The molecule has 0 heterocycles. The largest absolute Gasteiger partial charge is 0.383 e. The van der Waals surface area contributed by atoms with Gasteiger partial charge in [-0.15, -0.1) is 0 Å². The molecule has 2 N–H and O–H groups in total. The van der Waals surface area contributed by atoms with Gasteiger partial charge in [-0.05, 0) is 25.7 Å². The molecule has 1 fully saturated rings. The van der Waals surface area contributed by atoms with Gasteiger partial charge in [0.05, 0.1) is 13.2 Å². The Hall–Kier alpha value is -0.160. The highest BCUT2D eigenvalue weighted by molar-refractivity contribution is 4.92. The zero-order valence-corrected chi connectivity index (χ0v) is 10.7. The fraction of sp³-hybridized carbons (Fsp3) is 1.00. The highest BCUT2D eigenvalue weighted by atomic mass is 16.5. The molecule has 0 aliphatic heterocycles. The Kier molecular flexibility index (Phi) is 6.28. The Labute approximate surface area is 99.1 Å². The average molecular weight is 230 g/mol. The van der Waals surface area contributed by atoms with Crippen LogP contribution in [0.15, 0.2) is 0 Å². The minimum atomic E-state index is 0.123. The van der Waals surface area contributed by atoms with Gasteiger partial charge in [-0.25, -0.2) is 0 Å². The molecule has 0 spiro atoms. The zero-order chi connectivity index (χ0) is 11.9. The number of ether oxygens (including phenoxy) is 2. The second kappa shape index (κ2) is 7.22. The summed E-state index contributed by atoms with van der Waals surface area (Å²) in [6.07, 6.45) is 4.78. The fourth-order valence-corrected chi connectivity index (χ4v) is 2.04. The quantitative estimate of drug-likeness (QED) is 0.638. The molecule has 0 atom stereocenters. The number of hydrogen-bond donors (Lipinski definition) is 1. The van der Waals surface area contributed by atoms with E-state index in [1.165, 1.54) is 19.3 Å². The normalized spacial score (nSPS) is 18.8. The van der Waals surface area contributed by atoms with E-state index in [0.717, 1.165) is 39.3 Å². The van der Waals surface area contributed by atoms with Crippen molar-refractivity contribution in [1.82, 2.24) is 4.90 Å². The first kappa shape index (κ1) is 13.9. The summed E-state index contributed by atoms with van der Waals surface area (Å²) >= 11 is 0. The van der Waals surface area contributed by atoms with E-state index in [9.17, 15) is 0 Å². The molecule has 0 amide bonds. The average Bonchev–Trinajstić information content (AvgIpc) is 2.25. The van der Waals surface area contributed by atoms with Crippen LogP contribution in [-0.4, -0.2) is 57.5 Å². The minimum Gasteiger partial charge on any atom is -0.383 e. The summed E-state index contributed by atoms with van der Waals surface area (Å²) in [5.74, 6) is 0. The van der Waals surface area contributed by atoms with Crippen molar-refractivity contribution in [2.45, 2.75) is 31.2 Å². The third-order valence-electron chi connectivity index (χ3n) is 3.50. The maximum absolute atomic E-state index is 6.22. The van der Waals surface area contributed by atoms with Gasteiger partial charge >= 0.3 is 0 Å². The number of nitrogens with two attached hydrogens (primary N) is 1. The predicted octanol–water partition coefficient (Wildman–Crippen LogP) is 0.853. The highest BCUT2D eigenvalue weighted by Crippen LogP contribution is 2.32. The lowest BCUT2D eigenvalue weighted by Crippen LogP contribution is -2.49. The number of methoxy groups -OCH3 is 2. The summed E-state index contributed by atoms with van der Waals surface area (Å²) in [5.41, 5.74) is 6.34. The maximum atomic E-state index is 6.22. The van der Waals surface area contributed by atoms with Gasteiger partial charge in [-0.1, -0.05) is 0 Å². The van der Waals surface area contributed by atoms with Crippen LogP contribution >= 0.6 is 0 Å². The Morgan fingerprint density at radius 1 is 1.06 bits per heavy atom. The molecule has 0 aromatic rings. The molecular formula is C12H26N2O2. The van der Waals surface area contributed by atoms with Crippen molar-refractivity contribution in [2.24, 2.45) is 5.73 Å². The lowest BCUT2D eigenvalue weighted by Gasteiger charge is -2.39. The Balaban J connectivity index is 2.19. The van der Waals surface area contributed by atoms with Gasteiger partial charge in [0.15, 0.2) is 0 Å². The van der Waals surface area contributed by atoms with Gasteiger partial charge in [-0.3, -0.25) is 4.90 Å². The standard InChI is InChI=1S/C12H26N2O2/c1-15-10-8-14(9-11-16-2)7-6-12(13)4-3-5-12/h3-11,13H2,1-2H3. The smallest absolute Gasteiger partial charge is 0.0589 e. The molecule has 0 radical (unpaired) electrons. The Morgan fingerprint density at radius 2 is 1.62 bits per heavy atom. The van der Waals surface area contributed by atoms with E-state index >= 15 is 0 Å². The summed E-state index contributed by atoms with van der Waals surface area (Å²) < 4.78 is 10.2. The van der Waals surface area contributed by atoms with Crippen LogP contribution in [0.4, 0.5) is 0 Å². The zero-order valence-electron chi connectivity index (χ0n) is 10.7. The van der Waals surface area contributed by atoms with Crippen molar-refractivity contribution in [3.63, 3.8) is 0 Å². The van der Waals surface area contributed by atoms with Crippen LogP contribution in [0.1, 0.15) is 25.7 Å². The van der Waals surface area contributed by atoms with Crippen LogP contribution < -0.4 is 5.73 Å².